The molecule has 0 N–H and O–H groups in total. The molecule has 0 saturated carbocycles. The van der Waals surface area contributed by atoms with Crippen LogP contribution in [0.2, 0.25) is 0 Å². The fourth-order valence-electron chi connectivity index (χ4n) is 6.51. The lowest BCUT2D eigenvalue weighted by atomic mass is 9.98. The first kappa shape index (κ1) is 42.9. The van der Waals surface area contributed by atoms with Gasteiger partial charge in [-0.1, -0.05) is 42.5 Å². The van der Waals surface area contributed by atoms with Gasteiger partial charge in [0.25, 0.3) is 0 Å². The Morgan fingerprint density at radius 1 is 0.737 bits per heavy atom. The fourth-order valence-corrected chi connectivity index (χ4v) is 6.51. The summed E-state index contributed by atoms with van der Waals surface area (Å²) in [6.07, 6.45) is -7.03. The molecule has 0 aliphatic carbocycles. The third kappa shape index (κ3) is 13.7. The topological polar surface area (TPSA) is 76.4 Å². The van der Waals surface area contributed by atoms with Crippen molar-refractivity contribution in [3.8, 4) is 29.1 Å². The van der Waals surface area contributed by atoms with Crippen molar-refractivity contribution in [1.29, 1.82) is 5.26 Å². The van der Waals surface area contributed by atoms with Crippen LogP contribution in [0.1, 0.15) is 35.6 Å². The summed E-state index contributed by atoms with van der Waals surface area (Å²) in [5, 5.41) is 10.2. The number of nitrogens with zero attached hydrogens (tertiary/aromatic N) is 3. The summed E-state index contributed by atoms with van der Waals surface area (Å²) in [6.45, 7) is 2.11. The third-order valence-corrected chi connectivity index (χ3v) is 9.14. The maximum absolute atomic E-state index is 13.2. The molecule has 4 aromatic carbocycles. The van der Waals surface area contributed by atoms with Crippen LogP contribution in [-0.4, -0.2) is 82.5 Å². The molecule has 15 heteroatoms. The van der Waals surface area contributed by atoms with Gasteiger partial charge in [0.1, 0.15) is 25.1 Å². The molecule has 1 heterocycles. The summed E-state index contributed by atoms with van der Waals surface area (Å²) < 4.78 is 118. The maximum atomic E-state index is 13.2. The molecular weight excluding hydrogens is 759 g/mol. The van der Waals surface area contributed by atoms with E-state index in [9.17, 15) is 36.0 Å². The van der Waals surface area contributed by atoms with Gasteiger partial charge in [0, 0.05) is 38.8 Å². The lowest BCUT2D eigenvalue weighted by Gasteiger charge is -2.30. The summed E-state index contributed by atoms with van der Waals surface area (Å²) in [5.74, 6) is -0.124. The van der Waals surface area contributed by atoms with Crippen LogP contribution in [0.5, 0.6) is 23.0 Å². The van der Waals surface area contributed by atoms with Crippen LogP contribution >= 0.6 is 0 Å². The lowest BCUT2D eigenvalue weighted by molar-refractivity contribution is -0.154. The van der Waals surface area contributed by atoms with Gasteiger partial charge >= 0.3 is 12.4 Å². The van der Waals surface area contributed by atoms with Gasteiger partial charge in [-0.05, 0) is 85.3 Å². The molecule has 0 radical (unpaired) electrons. The Morgan fingerprint density at radius 3 is 1.81 bits per heavy atom. The molecule has 0 saturated heterocycles. The predicted molar refractivity (Wildman–Crippen MR) is 199 cm³/mol. The predicted octanol–water partition coefficient (Wildman–Crippen LogP) is 8.94. The monoisotopic (exact) mass is 803 g/mol. The molecule has 0 amide bonds. The van der Waals surface area contributed by atoms with Crippen LogP contribution in [-0.2, 0) is 24.2 Å². The van der Waals surface area contributed by atoms with E-state index >= 15 is 0 Å². The minimum absolute atomic E-state index is 0.0537. The van der Waals surface area contributed by atoms with E-state index in [1.807, 2.05) is 17.9 Å². The van der Waals surface area contributed by atoms with Gasteiger partial charge in [-0.2, -0.15) is 31.6 Å². The van der Waals surface area contributed by atoms with E-state index in [2.05, 4.69) is 17.0 Å². The molecule has 1 aliphatic rings. The number of hydrogen-bond acceptors (Lipinski definition) is 8. The third-order valence-electron chi connectivity index (χ3n) is 9.14. The Hall–Kier alpha value is -5.20. The van der Waals surface area contributed by atoms with E-state index in [0.29, 0.717) is 44.8 Å². The summed E-state index contributed by atoms with van der Waals surface area (Å²) in [4.78, 5) is 4.23. The standard InChI is InChI=1S/C42H44F7N3O5/c1-30(23-32-24-33-15-17-52(40(33)34(25-32)26-50)16-6-20-53-27-31-11-13-35(43)14-12-31)51(18-21-54-36-7-2-4-9-38(36)56-28-41(44,45)46)19-22-55-37-8-3-5-10-39(37)57-29-42(47,48)49/h2-5,7-14,24-25,30H,6,15-23,27-29H2,1H3/t30-/m1/s1. The highest BCUT2D eigenvalue weighted by atomic mass is 19.4. The molecule has 5 rings (SSSR count). The number of benzene rings is 4. The minimum atomic E-state index is -4.53. The van der Waals surface area contributed by atoms with Gasteiger partial charge in [0.15, 0.2) is 36.2 Å². The van der Waals surface area contributed by atoms with E-state index in [4.69, 9.17) is 23.7 Å². The van der Waals surface area contributed by atoms with Crippen molar-refractivity contribution in [2.45, 2.75) is 51.2 Å². The van der Waals surface area contributed by atoms with Crippen LogP contribution in [0.4, 0.5) is 36.4 Å². The highest BCUT2D eigenvalue weighted by molar-refractivity contribution is 5.68. The average molecular weight is 804 g/mol. The average Bonchev–Trinajstić information content (AvgIpc) is 3.58. The molecule has 8 nitrogen and oxygen atoms in total. The van der Waals surface area contributed by atoms with Crippen LogP contribution in [0.3, 0.4) is 0 Å². The van der Waals surface area contributed by atoms with Crippen LogP contribution in [0.15, 0.2) is 84.9 Å². The van der Waals surface area contributed by atoms with E-state index in [0.717, 1.165) is 41.8 Å². The van der Waals surface area contributed by atoms with Crippen LogP contribution < -0.4 is 23.8 Å². The second kappa shape index (κ2) is 20.3. The minimum Gasteiger partial charge on any atom is -0.488 e. The highest BCUT2D eigenvalue weighted by Crippen LogP contribution is 2.34. The Balaban J connectivity index is 1.23. The van der Waals surface area contributed by atoms with Crippen molar-refractivity contribution < 1.29 is 54.4 Å². The SMILES string of the molecule is C[C@H](Cc1cc(C#N)c2c(c1)CCN2CCCOCc1ccc(F)cc1)N(CCOc1ccccc1OCC(F)(F)F)CCOc1ccccc1OCC(F)(F)F. The van der Waals surface area contributed by atoms with Crippen molar-refractivity contribution in [3.05, 3.63) is 113 Å². The molecule has 0 spiro atoms. The Kier molecular flexibility index (Phi) is 15.3. The molecule has 0 bridgehead atoms. The molecule has 0 fully saturated rings. The number of nitriles is 1. The first-order chi connectivity index (χ1) is 27.3. The number of alkyl halides is 6. The zero-order chi connectivity index (χ0) is 40.8. The Labute approximate surface area is 327 Å². The van der Waals surface area contributed by atoms with Gasteiger partial charge in [0.2, 0.25) is 0 Å². The number of halogens is 7. The van der Waals surface area contributed by atoms with Gasteiger partial charge in [0.05, 0.1) is 17.9 Å². The Morgan fingerprint density at radius 2 is 1.28 bits per heavy atom. The van der Waals surface area contributed by atoms with Crippen molar-refractivity contribution in [2.24, 2.45) is 0 Å². The number of para-hydroxylation sites is 4. The lowest BCUT2D eigenvalue weighted by Crippen LogP contribution is -2.40. The molecular formula is C42H44F7N3O5. The van der Waals surface area contributed by atoms with E-state index in [1.165, 1.54) is 36.4 Å². The van der Waals surface area contributed by atoms with Crippen molar-refractivity contribution in [1.82, 2.24) is 4.90 Å². The number of fused-ring (bicyclic) bond motifs is 1. The summed E-state index contributed by atoms with van der Waals surface area (Å²) >= 11 is 0. The number of rotatable bonds is 21. The summed E-state index contributed by atoms with van der Waals surface area (Å²) in [6, 6.07) is 24.5. The number of ether oxygens (including phenoxy) is 5. The fraction of sp³-hybridized carbons (Fsp3) is 0.405. The van der Waals surface area contributed by atoms with Gasteiger partial charge in [-0.25, -0.2) is 4.39 Å². The first-order valence-electron chi connectivity index (χ1n) is 18.5. The van der Waals surface area contributed by atoms with Crippen LogP contribution in [0, 0.1) is 17.1 Å². The second-order valence-corrected chi connectivity index (χ2v) is 13.5. The van der Waals surface area contributed by atoms with Gasteiger partial charge < -0.3 is 28.6 Å². The van der Waals surface area contributed by atoms with Crippen molar-refractivity contribution in [2.75, 3.05) is 64.1 Å². The molecule has 57 heavy (non-hydrogen) atoms. The first-order valence-corrected chi connectivity index (χ1v) is 18.5. The van der Waals surface area contributed by atoms with E-state index in [-0.39, 0.29) is 48.1 Å². The molecule has 1 aliphatic heterocycles. The van der Waals surface area contributed by atoms with Crippen molar-refractivity contribution in [3.63, 3.8) is 0 Å². The summed E-state index contributed by atoms with van der Waals surface area (Å²) in [7, 11) is 0. The smallest absolute Gasteiger partial charge is 0.422 e. The second-order valence-electron chi connectivity index (χ2n) is 13.5. The van der Waals surface area contributed by atoms with E-state index in [1.54, 1.807) is 36.4 Å². The molecule has 4 aromatic rings. The number of anilines is 1. The van der Waals surface area contributed by atoms with Crippen LogP contribution in [0.25, 0.3) is 0 Å². The Bertz CT molecular complexity index is 1850. The normalized spacial score (nSPS) is 13.3. The van der Waals surface area contributed by atoms with Gasteiger partial charge in [-0.3, -0.25) is 4.90 Å². The van der Waals surface area contributed by atoms with E-state index < -0.39 is 25.6 Å². The van der Waals surface area contributed by atoms with Gasteiger partial charge in [-0.15, -0.1) is 0 Å². The largest absolute Gasteiger partial charge is 0.488 e. The molecule has 0 unspecified atom stereocenters. The number of hydrogen-bond donors (Lipinski definition) is 0. The van der Waals surface area contributed by atoms with Crippen molar-refractivity contribution >= 4 is 5.69 Å². The zero-order valence-electron chi connectivity index (χ0n) is 31.4. The molecule has 0 aromatic heterocycles. The molecule has 306 valence electrons. The maximum Gasteiger partial charge on any atom is 0.422 e. The molecule has 1 atom stereocenters. The highest BCUT2D eigenvalue weighted by Gasteiger charge is 2.30. The quantitative estimate of drug-likeness (QED) is 0.0611. The summed E-state index contributed by atoms with van der Waals surface area (Å²) in [5.41, 5.74) is 4.35. The zero-order valence-corrected chi connectivity index (χ0v) is 31.4.